The van der Waals surface area contributed by atoms with Crippen molar-refractivity contribution in [3.05, 3.63) is 30.1 Å². The molecule has 0 radical (unpaired) electrons. The van der Waals surface area contributed by atoms with E-state index in [1.54, 1.807) is 24.2 Å². The van der Waals surface area contributed by atoms with Crippen LogP contribution in [0, 0.1) is 5.92 Å². The SMILES string of the molecule is CSCC[C@@H](C)NC(=O)N[C@@H](c1ccncc1)C(C)C. The molecule has 2 N–H and O–H groups in total. The molecule has 4 nitrogen and oxygen atoms in total. The quantitative estimate of drug-likeness (QED) is 0.812. The molecule has 0 aromatic carbocycles. The topological polar surface area (TPSA) is 54.0 Å². The van der Waals surface area contributed by atoms with Crippen molar-refractivity contribution in [1.82, 2.24) is 15.6 Å². The number of carbonyl (C=O) groups excluding carboxylic acids is 1. The third kappa shape index (κ3) is 5.82. The van der Waals surface area contributed by atoms with E-state index in [1.807, 2.05) is 19.1 Å². The maximum atomic E-state index is 12.1. The van der Waals surface area contributed by atoms with Crippen molar-refractivity contribution >= 4 is 17.8 Å². The molecular formula is C15H25N3OS. The van der Waals surface area contributed by atoms with Crippen LogP contribution in [-0.2, 0) is 0 Å². The van der Waals surface area contributed by atoms with Crippen molar-refractivity contribution in [3.8, 4) is 0 Å². The molecule has 0 aliphatic carbocycles. The van der Waals surface area contributed by atoms with Crippen LogP contribution in [0.4, 0.5) is 4.79 Å². The number of nitrogens with one attached hydrogen (secondary N) is 2. The van der Waals surface area contributed by atoms with Crippen LogP contribution in [0.1, 0.15) is 38.8 Å². The van der Waals surface area contributed by atoms with E-state index in [-0.39, 0.29) is 18.1 Å². The normalized spacial score (nSPS) is 13.8. The molecule has 112 valence electrons. The summed E-state index contributed by atoms with van der Waals surface area (Å²) in [7, 11) is 0. The van der Waals surface area contributed by atoms with Gasteiger partial charge in [-0.15, -0.1) is 0 Å². The van der Waals surface area contributed by atoms with Crippen molar-refractivity contribution in [1.29, 1.82) is 0 Å². The van der Waals surface area contributed by atoms with Crippen molar-refractivity contribution < 1.29 is 4.79 Å². The zero-order valence-electron chi connectivity index (χ0n) is 12.7. The number of nitrogens with zero attached hydrogens (tertiary/aromatic N) is 1. The second-order valence-electron chi connectivity index (χ2n) is 5.30. The Kier molecular flexibility index (Phi) is 7.44. The van der Waals surface area contributed by atoms with E-state index in [0.717, 1.165) is 17.7 Å². The molecule has 0 saturated heterocycles. The van der Waals surface area contributed by atoms with Crippen molar-refractivity contribution in [2.75, 3.05) is 12.0 Å². The summed E-state index contributed by atoms with van der Waals surface area (Å²) >= 11 is 1.79. The molecule has 0 aliphatic heterocycles. The number of pyridine rings is 1. The number of aromatic nitrogens is 1. The predicted molar refractivity (Wildman–Crippen MR) is 85.9 cm³/mol. The number of carbonyl (C=O) groups is 1. The van der Waals surface area contributed by atoms with Crippen LogP contribution in [0.2, 0.25) is 0 Å². The first-order chi connectivity index (χ1) is 9.54. The third-order valence-electron chi connectivity index (χ3n) is 3.15. The number of hydrogen-bond donors (Lipinski definition) is 2. The van der Waals surface area contributed by atoms with Gasteiger partial charge in [-0.05, 0) is 49.0 Å². The Hall–Kier alpha value is -1.23. The fraction of sp³-hybridized carbons (Fsp3) is 0.600. The summed E-state index contributed by atoms with van der Waals surface area (Å²) in [4.78, 5) is 16.1. The van der Waals surface area contributed by atoms with Crippen molar-refractivity contribution in [3.63, 3.8) is 0 Å². The highest BCUT2D eigenvalue weighted by Crippen LogP contribution is 2.20. The Morgan fingerprint density at radius 2 is 1.90 bits per heavy atom. The van der Waals surface area contributed by atoms with Gasteiger partial charge in [-0.3, -0.25) is 4.98 Å². The first-order valence-corrected chi connectivity index (χ1v) is 8.39. The van der Waals surface area contributed by atoms with Gasteiger partial charge in [-0.25, -0.2) is 4.79 Å². The van der Waals surface area contributed by atoms with Gasteiger partial charge in [0.15, 0.2) is 0 Å². The third-order valence-corrected chi connectivity index (χ3v) is 3.79. The van der Waals surface area contributed by atoms with Crippen molar-refractivity contribution in [2.45, 2.75) is 39.3 Å². The number of hydrogen-bond acceptors (Lipinski definition) is 3. The van der Waals surface area contributed by atoms with Crippen LogP contribution in [0.15, 0.2) is 24.5 Å². The summed E-state index contributed by atoms with van der Waals surface area (Å²) in [5, 5.41) is 6.05. The molecule has 1 aromatic rings. The van der Waals surface area contributed by atoms with E-state index in [0.29, 0.717) is 5.92 Å². The molecule has 0 bridgehead atoms. The lowest BCUT2D eigenvalue weighted by Crippen LogP contribution is -2.43. The second kappa shape index (κ2) is 8.84. The van der Waals surface area contributed by atoms with Gasteiger partial charge in [0, 0.05) is 18.4 Å². The maximum Gasteiger partial charge on any atom is 0.315 e. The van der Waals surface area contributed by atoms with Gasteiger partial charge in [0.05, 0.1) is 6.04 Å². The summed E-state index contributed by atoms with van der Waals surface area (Å²) < 4.78 is 0. The van der Waals surface area contributed by atoms with Crippen LogP contribution >= 0.6 is 11.8 Å². The lowest BCUT2D eigenvalue weighted by molar-refractivity contribution is 0.229. The molecule has 0 unspecified atom stereocenters. The van der Waals surface area contributed by atoms with E-state index in [2.05, 4.69) is 35.7 Å². The molecule has 2 atom stereocenters. The molecule has 0 saturated carbocycles. The highest BCUT2D eigenvalue weighted by atomic mass is 32.2. The Morgan fingerprint density at radius 1 is 1.25 bits per heavy atom. The zero-order valence-corrected chi connectivity index (χ0v) is 13.5. The van der Waals surface area contributed by atoms with Crippen LogP contribution in [-0.4, -0.2) is 29.1 Å². The lowest BCUT2D eigenvalue weighted by atomic mass is 9.97. The highest BCUT2D eigenvalue weighted by molar-refractivity contribution is 7.98. The van der Waals surface area contributed by atoms with E-state index in [1.165, 1.54) is 0 Å². The largest absolute Gasteiger partial charge is 0.336 e. The van der Waals surface area contributed by atoms with Gasteiger partial charge >= 0.3 is 6.03 Å². The van der Waals surface area contributed by atoms with Gasteiger partial charge in [0.25, 0.3) is 0 Å². The molecular weight excluding hydrogens is 270 g/mol. The average Bonchev–Trinajstić information content (AvgIpc) is 2.43. The molecule has 1 heterocycles. The maximum absolute atomic E-state index is 12.1. The van der Waals surface area contributed by atoms with Gasteiger partial charge in [-0.1, -0.05) is 13.8 Å². The minimum absolute atomic E-state index is 0.00532. The lowest BCUT2D eigenvalue weighted by Gasteiger charge is -2.24. The van der Waals surface area contributed by atoms with E-state index >= 15 is 0 Å². The second-order valence-corrected chi connectivity index (χ2v) is 6.29. The number of thioether (sulfide) groups is 1. The van der Waals surface area contributed by atoms with Gasteiger partial charge < -0.3 is 10.6 Å². The Morgan fingerprint density at radius 3 is 2.45 bits per heavy atom. The summed E-state index contributed by atoms with van der Waals surface area (Å²) in [6.07, 6.45) is 6.57. The van der Waals surface area contributed by atoms with Crippen LogP contribution in [0.5, 0.6) is 0 Å². The summed E-state index contributed by atoms with van der Waals surface area (Å²) in [6.45, 7) is 6.23. The highest BCUT2D eigenvalue weighted by Gasteiger charge is 2.18. The van der Waals surface area contributed by atoms with Gasteiger partial charge in [0.2, 0.25) is 0 Å². The molecule has 1 aromatic heterocycles. The molecule has 5 heteroatoms. The fourth-order valence-corrected chi connectivity index (χ4v) is 2.57. The minimum atomic E-state index is -0.103. The summed E-state index contributed by atoms with van der Waals surface area (Å²) in [5.74, 6) is 1.38. The first-order valence-electron chi connectivity index (χ1n) is 7.00. The zero-order chi connectivity index (χ0) is 15.0. The summed E-state index contributed by atoms with van der Waals surface area (Å²) in [6, 6.07) is 3.98. The number of urea groups is 1. The first kappa shape index (κ1) is 16.8. The van der Waals surface area contributed by atoms with Crippen LogP contribution in [0.25, 0.3) is 0 Å². The minimum Gasteiger partial charge on any atom is -0.336 e. The average molecular weight is 295 g/mol. The molecule has 2 amide bonds. The molecule has 0 fully saturated rings. The monoisotopic (exact) mass is 295 g/mol. The van der Waals surface area contributed by atoms with Crippen LogP contribution < -0.4 is 10.6 Å². The summed E-state index contributed by atoms with van der Waals surface area (Å²) in [5.41, 5.74) is 1.09. The molecule has 20 heavy (non-hydrogen) atoms. The Balaban J connectivity index is 2.56. The smallest absolute Gasteiger partial charge is 0.315 e. The van der Waals surface area contributed by atoms with Gasteiger partial charge in [0.1, 0.15) is 0 Å². The standard InChI is InChI=1S/C15H25N3OS/c1-11(2)14(13-5-8-16-9-6-13)18-15(19)17-12(3)7-10-20-4/h5-6,8-9,11-12,14H,7,10H2,1-4H3,(H2,17,18,19)/t12-,14-/m1/s1. The number of rotatable bonds is 7. The Bertz CT molecular complexity index is 397. The fourth-order valence-electron chi connectivity index (χ4n) is 1.98. The van der Waals surface area contributed by atoms with E-state index in [9.17, 15) is 4.79 Å². The molecule has 0 aliphatic rings. The van der Waals surface area contributed by atoms with Gasteiger partial charge in [-0.2, -0.15) is 11.8 Å². The van der Waals surface area contributed by atoms with E-state index in [4.69, 9.17) is 0 Å². The Labute approximate surface area is 126 Å². The molecule has 1 rings (SSSR count). The molecule has 0 spiro atoms. The van der Waals surface area contributed by atoms with E-state index < -0.39 is 0 Å². The van der Waals surface area contributed by atoms with Crippen molar-refractivity contribution in [2.24, 2.45) is 5.92 Å². The van der Waals surface area contributed by atoms with Crippen LogP contribution in [0.3, 0.4) is 0 Å². The number of amides is 2. The predicted octanol–water partition coefficient (Wildman–Crippen LogP) is 3.22.